The van der Waals surface area contributed by atoms with Gasteiger partial charge in [0.1, 0.15) is 5.75 Å². The monoisotopic (exact) mass is 248 g/mol. The van der Waals surface area contributed by atoms with E-state index in [0.717, 1.165) is 42.7 Å². The number of ether oxygens (including phenoxy) is 1. The largest absolute Gasteiger partial charge is 0.494 e. The summed E-state index contributed by atoms with van der Waals surface area (Å²) in [6.07, 6.45) is 3.05. The van der Waals surface area contributed by atoms with Crippen LogP contribution in [0.1, 0.15) is 56.5 Å². The van der Waals surface area contributed by atoms with Gasteiger partial charge in [-0.05, 0) is 36.6 Å². The van der Waals surface area contributed by atoms with Crippen molar-refractivity contribution < 1.29 is 9.53 Å². The minimum Gasteiger partial charge on any atom is -0.494 e. The molecule has 0 amide bonds. The molecule has 1 aromatic carbocycles. The maximum absolute atomic E-state index is 12.1. The molecule has 18 heavy (non-hydrogen) atoms. The maximum atomic E-state index is 12.1. The Morgan fingerprint density at radius 3 is 2.56 bits per heavy atom. The van der Waals surface area contributed by atoms with Crippen molar-refractivity contribution in [3.63, 3.8) is 0 Å². The van der Waals surface area contributed by atoms with E-state index in [9.17, 15) is 4.79 Å². The average Bonchev–Trinajstić information content (AvgIpc) is 2.38. The van der Waals surface area contributed by atoms with Crippen LogP contribution in [0.25, 0.3) is 0 Å². The van der Waals surface area contributed by atoms with Gasteiger partial charge >= 0.3 is 0 Å². The fourth-order valence-electron chi connectivity index (χ4n) is 1.84. The van der Waals surface area contributed by atoms with E-state index in [1.165, 1.54) is 0 Å². The van der Waals surface area contributed by atoms with Crippen molar-refractivity contribution in [2.45, 2.75) is 47.0 Å². The third-order valence-electron chi connectivity index (χ3n) is 3.01. The lowest BCUT2D eigenvalue weighted by Gasteiger charge is -2.12. The molecule has 2 heteroatoms. The van der Waals surface area contributed by atoms with E-state index in [2.05, 4.69) is 13.8 Å². The first-order chi connectivity index (χ1) is 8.60. The number of unbranched alkanes of at least 4 members (excludes halogenated alkanes) is 1. The number of Topliss-reactive ketones (excluding diaryl/α,β-unsaturated/α-hetero) is 1. The van der Waals surface area contributed by atoms with Crippen molar-refractivity contribution in [2.75, 3.05) is 6.61 Å². The Morgan fingerprint density at radius 2 is 2.00 bits per heavy atom. The number of carbonyl (C=O) groups excluding carboxylic acids is 1. The number of carbonyl (C=O) groups is 1. The van der Waals surface area contributed by atoms with Gasteiger partial charge in [0.25, 0.3) is 0 Å². The van der Waals surface area contributed by atoms with Gasteiger partial charge in [0.15, 0.2) is 5.78 Å². The minimum absolute atomic E-state index is 0.0437. The summed E-state index contributed by atoms with van der Waals surface area (Å²) >= 11 is 0. The van der Waals surface area contributed by atoms with Gasteiger partial charge in [-0.25, -0.2) is 0 Å². The highest BCUT2D eigenvalue weighted by Gasteiger charge is 2.14. The molecular formula is C16H24O2. The van der Waals surface area contributed by atoms with E-state index in [0.29, 0.717) is 0 Å². The number of ketones is 1. The molecular weight excluding hydrogens is 224 g/mol. The number of aryl methyl sites for hydroxylation is 1. The van der Waals surface area contributed by atoms with Gasteiger partial charge < -0.3 is 4.74 Å². The lowest BCUT2D eigenvalue weighted by molar-refractivity contribution is 0.0938. The summed E-state index contributed by atoms with van der Waals surface area (Å²) in [4.78, 5) is 12.1. The predicted molar refractivity (Wildman–Crippen MR) is 75.4 cm³/mol. The zero-order valence-corrected chi connectivity index (χ0v) is 12.0. The van der Waals surface area contributed by atoms with Gasteiger partial charge in [-0.1, -0.05) is 34.1 Å². The zero-order valence-electron chi connectivity index (χ0n) is 12.0. The van der Waals surface area contributed by atoms with Gasteiger partial charge in [0.2, 0.25) is 0 Å². The van der Waals surface area contributed by atoms with Crippen molar-refractivity contribution in [1.82, 2.24) is 0 Å². The molecule has 0 radical (unpaired) electrons. The van der Waals surface area contributed by atoms with Crippen LogP contribution in [0.4, 0.5) is 0 Å². The van der Waals surface area contributed by atoms with Crippen LogP contribution in [0.2, 0.25) is 0 Å². The van der Waals surface area contributed by atoms with Crippen LogP contribution in [0, 0.1) is 5.92 Å². The fraction of sp³-hybridized carbons (Fsp3) is 0.562. The topological polar surface area (TPSA) is 26.3 Å². The summed E-state index contributed by atoms with van der Waals surface area (Å²) < 4.78 is 5.67. The Balaban J connectivity index is 2.86. The van der Waals surface area contributed by atoms with E-state index in [-0.39, 0.29) is 11.7 Å². The van der Waals surface area contributed by atoms with Gasteiger partial charge in [-0.3, -0.25) is 4.79 Å². The van der Waals surface area contributed by atoms with Crippen molar-refractivity contribution >= 4 is 5.78 Å². The third-order valence-corrected chi connectivity index (χ3v) is 3.01. The normalized spacial score (nSPS) is 10.7. The molecule has 0 unspecified atom stereocenters. The molecule has 100 valence electrons. The first-order valence-electron chi connectivity index (χ1n) is 6.90. The molecule has 0 aliphatic rings. The molecule has 0 atom stereocenters. The van der Waals surface area contributed by atoms with Crippen molar-refractivity contribution in [3.8, 4) is 5.75 Å². The molecule has 2 nitrogen and oxygen atoms in total. The molecule has 0 heterocycles. The Morgan fingerprint density at radius 1 is 1.28 bits per heavy atom. The minimum atomic E-state index is 0.0437. The van der Waals surface area contributed by atoms with Crippen LogP contribution >= 0.6 is 0 Å². The van der Waals surface area contributed by atoms with Crippen LogP contribution in [0.15, 0.2) is 18.2 Å². The van der Waals surface area contributed by atoms with Crippen molar-refractivity contribution in [1.29, 1.82) is 0 Å². The highest BCUT2D eigenvalue weighted by molar-refractivity contribution is 5.98. The average molecular weight is 248 g/mol. The quantitative estimate of drug-likeness (QED) is 0.532. The molecule has 0 fully saturated rings. The van der Waals surface area contributed by atoms with Crippen LogP contribution in [0.5, 0.6) is 5.75 Å². The Hall–Kier alpha value is -1.31. The number of rotatable bonds is 7. The highest BCUT2D eigenvalue weighted by atomic mass is 16.5. The first-order valence-corrected chi connectivity index (χ1v) is 6.90. The second-order valence-corrected chi connectivity index (χ2v) is 4.89. The molecule has 1 aromatic rings. The molecule has 0 spiro atoms. The molecule has 0 saturated heterocycles. The Kier molecular flexibility index (Phi) is 5.90. The van der Waals surface area contributed by atoms with Crippen LogP contribution in [-0.4, -0.2) is 12.4 Å². The summed E-state index contributed by atoms with van der Waals surface area (Å²) in [7, 11) is 0. The standard InChI is InChI=1S/C16H24O2/c1-5-7-10-18-14-8-9-15(13(6-2)11-14)16(17)12(3)4/h8-9,11-12H,5-7,10H2,1-4H3. The summed E-state index contributed by atoms with van der Waals surface area (Å²) in [6.45, 7) is 8.84. The molecule has 0 aliphatic heterocycles. The van der Waals surface area contributed by atoms with Crippen LogP contribution in [0.3, 0.4) is 0 Å². The van der Waals surface area contributed by atoms with Gasteiger partial charge in [-0.2, -0.15) is 0 Å². The van der Waals surface area contributed by atoms with E-state index in [1.54, 1.807) is 0 Å². The third kappa shape index (κ3) is 3.86. The SMILES string of the molecule is CCCCOc1ccc(C(=O)C(C)C)c(CC)c1. The summed E-state index contributed by atoms with van der Waals surface area (Å²) in [5.74, 6) is 1.13. The first kappa shape index (κ1) is 14.7. The van der Waals surface area contributed by atoms with Crippen molar-refractivity contribution in [2.24, 2.45) is 5.92 Å². The summed E-state index contributed by atoms with van der Waals surface area (Å²) in [5, 5.41) is 0. The number of hydrogen-bond acceptors (Lipinski definition) is 2. The van der Waals surface area contributed by atoms with Gasteiger partial charge in [0.05, 0.1) is 6.61 Å². The van der Waals surface area contributed by atoms with E-state index in [4.69, 9.17) is 4.74 Å². The van der Waals surface area contributed by atoms with Crippen LogP contribution in [-0.2, 0) is 6.42 Å². The van der Waals surface area contributed by atoms with Gasteiger partial charge in [-0.15, -0.1) is 0 Å². The molecule has 0 bridgehead atoms. The molecule has 0 saturated carbocycles. The molecule has 0 aliphatic carbocycles. The van der Waals surface area contributed by atoms with E-state index < -0.39 is 0 Å². The molecule has 1 rings (SSSR count). The summed E-state index contributed by atoms with van der Waals surface area (Å²) in [5.41, 5.74) is 1.93. The fourth-order valence-corrected chi connectivity index (χ4v) is 1.84. The molecule has 0 N–H and O–H groups in total. The number of benzene rings is 1. The maximum Gasteiger partial charge on any atom is 0.165 e. The second kappa shape index (κ2) is 7.20. The number of hydrogen-bond donors (Lipinski definition) is 0. The highest BCUT2D eigenvalue weighted by Crippen LogP contribution is 2.21. The predicted octanol–water partition coefficient (Wildman–Crippen LogP) is 4.27. The van der Waals surface area contributed by atoms with E-state index >= 15 is 0 Å². The zero-order chi connectivity index (χ0) is 13.5. The lowest BCUT2D eigenvalue weighted by Crippen LogP contribution is -2.10. The smallest absolute Gasteiger partial charge is 0.165 e. The summed E-state index contributed by atoms with van der Waals surface area (Å²) in [6, 6.07) is 5.82. The lowest BCUT2D eigenvalue weighted by atomic mass is 9.95. The van der Waals surface area contributed by atoms with Crippen molar-refractivity contribution in [3.05, 3.63) is 29.3 Å². The Labute approximate surface area is 110 Å². The van der Waals surface area contributed by atoms with E-state index in [1.807, 2.05) is 32.0 Å². The van der Waals surface area contributed by atoms with Crippen LogP contribution < -0.4 is 4.74 Å². The van der Waals surface area contributed by atoms with Gasteiger partial charge in [0, 0.05) is 11.5 Å². The Bertz CT molecular complexity index is 394. The molecule has 0 aromatic heterocycles. The second-order valence-electron chi connectivity index (χ2n) is 4.89.